The molecule has 7 heteroatoms. The SMILES string of the molecule is CCCNCc1cc(S(=O)(=O)NCCOC)c[nH]1. The Hall–Kier alpha value is -0.890. The molecule has 0 spiro atoms. The molecule has 0 amide bonds. The van der Waals surface area contributed by atoms with Crippen molar-refractivity contribution in [2.24, 2.45) is 0 Å². The van der Waals surface area contributed by atoms with Crippen LogP contribution in [0.3, 0.4) is 0 Å². The smallest absolute Gasteiger partial charge is 0.242 e. The first kappa shape index (κ1) is 15.2. The third kappa shape index (κ3) is 4.77. The molecule has 3 N–H and O–H groups in total. The van der Waals surface area contributed by atoms with Gasteiger partial charge in [-0.3, -0.25) is 0 Å². The number of nitrogens with one attached hydrogen (secondary N) is 3. The van der Waals surface area contributed by atoms with Crippen LogP contribution in [0.1, 0.15) is 19.0 Å². The van der Waals surface area contributed by atoms with Gasteiger partial charge in [-0.25, -0.2) is 13.1 Å². The lowest BCUT2D eigenvalue weighted by atomic mass is 10.4. The third-order valence-corrected chi connectivity index (χ3v) is 3.81. The monoisotopic (exact) mass is 275 g/mol. The minimum Gasteiger partial charge on any atom is -0.383 e. The van der Waals surface area contributed by atoms with Crippen LogP contribution in [0.4, 0.5) is 0 Å². The van der Waals surface area contributed by atoms with E-state index in [0.717, 1.165) is 18.7 Å². The van der Waals surface area contributed by atoms with E-state index in [1.807, 2.05) is 0 Å². The number of aromatic nitrogens is 1. The van der Waals surface area contributed by atoms with E-state index in [-0.39, 0.29) is 11.4 Å². The Morgan fingerprint density at radius 3 is 2.83 bits per heavy atom. The summed E-state index contributed by atoms with van der Waals surface area (Å²) in [6.07, 6.45) is 2.54. The van der Waals surface area contributed by atoms with E-state index in [2.05, 4.69) is 21.9 Å². The summed E-state index contributed by atoms with van der Waals surface area (Å²) in [5.41, 5.74) is 0.857. The normalized spacial score (nSPS) is 11.9. The molecule has 6 nitrogen and oxygen atoms in total. The fourth-order valence-electron chi connectivity index (χ4n) is 1.44. The molecule has 0 aliphatic carbocycles. The van der Waals surface area contributed by atoms with E-state index in [1.54, 1.807) is 6.07 Å². The van der Waals surface area contributed by atoms with Crippen LogP contribution in [0.25, 0.3) is 0 Å². The second kappa shape index (κ2) is 7.52. The number of aromatic amines is 1. The largest absolute Gasteiger partial charge is 0.383 e. The first-order valence-corrected chi connectivity index (χ1v) is 7.45. The van der Waals surface area contributed by atoms with E-state index >= 15 is 0 Å². The number of ether oxygens (including phenoxy) is 1. The molecule has 0 unspecified atom stereocenters. The van der Waals surface area contributed by atoms with Gasteiger partial charge in [-0.05, 0) is 19.0 Å². The van der Waals surface area contributed by atoms with E-state index in [9.17, 15) is 8.42 Å². The average molecular weight is 275 g/mol. The van der Waals surface area contributed by atoms with Crippen molar-refractivity contribution in [2.45, 2.75) is 24.8 Å². The molecule has 0 fully saturated rings. The molecule has 0 bridgehead atoms. The van der Waals surface area contributed by atoms with Crippen molar-refractivity contribution in [1.82, 2.24) is 15.0 Å². The maximum atomic E-state index is 11.8. The molecular weight excluding hydrogens is 254 g/mol. The molecule has 0 radical (unpaired) electrons. The van der Waals surface area contributed by atoms with E-state index in [4.69, 9.17) is 4.74 Å². The summed E-state index contributed by atoms with van der Waals surface area (Å²) >= 11 is 0. The standard InChI is InChI=1S/C11H21N3O3S/c1-3-4-12-8-10-7-11(9-13-10)18(15,16)14-5-6-17-2/h7,9,12-14H,3-6,8H2,1-2H3. The predicted octanol–water partition coefficient (Wildman–Crippen LogP) is 0.439. The van der Waals surface area contributed by atoms with Crippen molar-refractivity contribution < 1.29 is 13.2 Å². The van der Waals surface area contributed by atoms with Crippen molar-refractivity contribution >= 4 is 10.0 Å². The highest BCUT2D eigenvalue weighted by atomic mass is 32.2. The van der Waals surface area contributed by atoms with Crippen LogP contribution in [0.15, 0.2) is 17.2 Å². The number of methoxy groups -OCH3 is 1. The van der Waals surface area contributed by atoms with Gasteiger partial charge in [0.15, 0.2) is 0 Å². The molecular formula is C11H21N3O3S. The zero-order chi connectivity index (χ0) is 13.4. The number of H-pyrrole nitrogens is 1. The Kier molecular flexibility index (Phi) is 6.34. The molecule has 0 aliphatic heterocycles. The van der Waals surface area contributed by atoms with Crippen molar-refractivity contribution in [3.05, 3.63) is 18.0 Å². The van der Waals surface area contributed by atoms with E-state index in [0.29, 0.717) is 13.2 Å². The highest BCUT2D eigenvalue weighted by molar-refractivity contribution is 7.89. The second-order valence-electron chi connectivity index (χ2n) is 3.93. The number of sulfonamides is 1. The summed E-state index contributed by atoms with van der Waals surface area (Å²) in [4.78, 5) is 3.20. The van der Waals surface area contributed by atoms with Gasteiger partial charge < -0.3 is 15.0 Å². The van der Waals surface area contributed by atoms with Gasteiger partial charge in [0.05, 0.1) is 11.5 Å². The molecule has 0 aromatic carbocycles. The Morgan fingerprint density at radius 2 is 2.17 bits per heavy atom. The van der Waals surface area contributed by atoms with Gasteiger partial charge in [0, 0.05) is 32.1 Å². The summed E-state index contributed by atoms with van der Waals surface area (Å²) < 4.78 is 30.9. The molecule has 18 heavy (non-hydrogen) atoms. The average Bonchev–Trinajstić information content (AvgIpc) is 2.79. The van der Waals surface area contributed by atoms with Crippen LogP contribution in [-0.2, 0) is 21.3 Å². The van der Waals surface area contributed by atoms with Crippen LogP contribution >= 0.6 is 0 Å². The Morgan fingerprint density at radius 1 is 1.39 bits per heavy atom. The highest BCUT2D eigenvalue weighted by Crippen LogP contribution is 2.10. The van der Waals surface area contributed by atoms with Gasteiger partial charge in [0.2, 0.25) is 10.0 Å². The van der Waals surface area contributed by atoms with E-state index < -0.39 is 10.0 Å². The van der Waals surface area contributed by atoms with Gasteiger partial charge in [-0.2, -0.15) is 0 Å². The van der Waals surface area contributed by atoms with Crippen molar-refractivity contribution in [1.29, 1.82) is 0 Å². The number of hydrogen-bond donors (Lipinski definition) is 3. The zero-order valence-corrected chi connectivity index (χ0v) is 11.6. The maximum absolute atomic E-state index is 11.8. The van der Waals surface area contributed by atoms with Gasteiger partial charge in [-0.15, -0.1) is 0 Å². The van der Waals surface area contributed by atoms with Crippen molar-refractivity contribution in [3.63, 3.8) is 0 Å². The van der Waals surface area contributed by atoms with Crippen LogP contribution < -0.4 is 10.0 Å². The van der Waals surface area contributed by atoms with Crippen LogP contribution in [0, 0.1) is 0 Å². The summed E-state index contributed by atoms with van der Waals surface area (Å²) in [7, 11) is -1.90. The van der Waals surface area contributed by atoms with E-state index in [1.165, 1.54) is 13.3 Å². The Labute approximate surface area is 108 Å². The van der Waals surface area contributed by atoms with Crippen molar-refractivity contribution in [3.8, 4) is 0 Å². The predicted molar refractivity (Wildman–Crippen MR) is 69.9 cm³/mol. The lowest BCUT2D eigenvalue weighted by Crippen LogP contribution is -2.26. The maximum Gasteiger partial charge on any atom is 0.242 e. The van der Waals surface area contributed by atoms with Crippen molar-refractivity contribution in [2.75, 3.05) is 26.8 Å². The first-order chi connectivity index (χ1) is 8.60. The Balaban J connectivity index is 2.55. The Bertz CT molecular complexity index is 442. The molecule has 104 valence electrons. The first-order valence-electron chi connectivity index (χ1n) is 5.96. The minimum atomic E-state index is -3.43. The molecule has 0 saturated heterocycles. The third-order valence-electron chi connectivity index (χ3n) is 2.37. The molecule has 1 heterocycles. The topological polar surface area (TPSA) is 83.2 Å². The molecule has 1 rings (SSSR count). The molecule has 0 atom stereocenters. The summed E-state index contributed by atoms with van der Waals surface area (Å²) in [5, 5.41) is 3.20. The summed E-state index contributed by atoms with van der Waals surface area (Å²) in [6.45, 7) is 4.26. The quantitative estimate of drug-likeness (QED) is 0.571. The molecule has 1 aromatic heterocycles. The zero-order valence-electron chi connectivity index (χ0n) is 10.8. The number of rotatable bonds is 9. The molecule has 0 saturated carbocycles. The van der Waals surface area contributed by atoms with Gasteiger partial charge in [-0.1, -0.05) is 6.92 Å². The summed E-state index contributed by atoms with van der Waals surface area (Å²) in [5.74, 6) is 0. The highest BCUT2D eigenvalue weighted by Gasteiger charge is 2.14. The molecule has 0 aliphatic rings. The van der Waals surface area contributed by atoms with Crippen LogP contribution in [0.5, 0.6) is 0 Å². The van der Waals surface area contributed by atoms with Gasteiger partial charge in [0.1, 0.15) is 0 Å². The fourth-order valence-corrected chi connectivity index (χ4v) is 2.47. The lowest BCUT2D eigenvalue weighted by molar-refractivity contribution is 0.204. The fraction of sp³-hybridized carbons (Fsp3) is 0.636. The summed E-state index contributed by atoms with van der Waals surface area (Å²) in [6, 6.07) is 1.64. The second-order valence-corrected chi connectivity index (χ2v) is 5.69. The number of hydrogen-bond acceptors (Lipinski definition) is 4. The van der Waals surface area contributed by atoms with Gasteiger partial charge in [0.25, 0.3) is 0 Å². The van der Waals surface area contributed by atoms with Crippen LogP contribution in [-0.4, -0.2) is 40.2 Å². The minimum absolute atomic E-state index is 0.256. The molecule has 1 aromatic rings. The van der Waals surface area contributed by atoms with Crippen LogP contribution in [0.2, 0.25) is 0 Å². The lowest BCUT2D eigenvalue weighted by Gasteiger charge is -2.03. The van der Waals surface area contributed by atoms with Gasteiger partial charge >= 0.3 is 0 Å².